The minimum atomic E-state index is -4.77. The molecule has 8 atom stereocenters. The van der Waals surface area contributed by atoms with Gasteiger partial charge < -0.3 is 64.8 Å². The summed E-state index contributed by atoms with van der Waals surface area (Å²) in [4.78, 5) is 190. The van der Waals surface area contributed by atoms with E-state index < -0.39 is 173 Å². The van der Waals surface area contributed by atoms with Crippen LogP contribution in [-0.2, 0) is 74.9 Å². The Hall–Kier alpha value is -7.10. The van der Waals surface area contributed by atoms with Crippen molar-refractivity contribution in [3.8, 4) is 0 Å². The quantitative estimate of drug-likeness (QED) is 0.248. The molecule has 12 amide bonds. The number of likely N-dealkylation sites (tertiary alicyclic amines) is 1. The third kappa shape index (κ3) is 19.9. The molecule has 6 fully saturated rings. The number of aryl methyl sites for hydroxylation is 1. The van der Waals surface area contributed by atoms with E-state index in [0.717, 1.165) is 63.8 Å². The number of fused-ring (bicyclic) bond motifs is 1. The Kier molecular flexibility index (Phi) is 28.6. The average molecular weight is 1430 g/mol. The van der Waals surface area contributed by atoms with E-state index in [9.17, 15) is 41.9 Å². The maximum absolute atomic E-state index is 15.8. The van der Waals surface area contributed by atoms with Gasteiger partial charge in [-0.1, -0.05) is 83.9 Å². The number of ether oxygens (including phenoxy) is 1. The van der Waals surface area contributed by atoms with Gasteiger partial charge in [-0.15, -0.1) is 0 Å². The highest BCUT2D eigenvalue weighted by Crippen LogP contribution is 2.38. The van der Waals surface area contributed by atoms with Crippen molar-refractivity contribution in [1.82, 2.24) is 60.0 Å². The summed E-state index contributed by atoms with van der Waals surface area (Å²) in [6, 6.07) is -5.84. The third-order valence-corrected chi connectivity index (χ3v) is 21.9. The van der Waals surface area contributed by atoms with Crippen molar-refractivity contribution in [2.24, 2.45) is 17.8 Å². The molecule has 3 aliphatic carbocycles. The van der Waals surface area contributed by atoms with E-state index in [1.54, 1.807) is 11.8 Å². The topological polar surface area (TPSA) is 279 Å². The smallest absolute Gasteiger partial charge is 0.376 e. The number of alkyl halides is 3. The van der Waals surface area contributed by atoms with Crippen molar-refractivity contribution >= 4 is 82.5 Å². The van der Waals surface area contributed by atoms with Crippen molar-refractivity contribution in [2.45, 2.75) is 229 Å². The second-order valence-corrected chi connectivity index (χ2v) is 29.7. The van der Waals surface area contributed by atoms with Gasteiger partial charge in [0.1, 0.15) is 47.8 Å². The van der Waals surface area contributed by atoms with Gasteiger partial charge in [0.2, 0.25) is 70.9 Å². The zero-order chi connectivity index (χ0) is 73.7. The van der Waals surface area contributed by atoms with Gasteiger partial charge in [-0.05, 0) is 132 Å². The number of nitrogens with one attached hydrogen (secondary N) is 3. The van der Waals surface area contributed by atoms with Crippen molar-refractivity contribution in [1.29, 1.82) is 0 Å². The number of carbonyl (C=O) groups excluding carboxylic acids is 12. The maximum Gasteiger partial charge on any atom is 0.417 e. The number of benzene rings is 1. The van der Waals surface area contributed by atoms with Gasteiger partial charge in [0.05, 0.1) is 49.4 Å². The van der Waals surface area contributed by atoms with Crippen LogP contribution in [0.2, 0.25) is 5.02 Å². The summed E-state index contributed by atoms with van der Waals surface area (Å²) in [5.74, 6) is -9.11. The van der Waals surface area contributed by atoms with Crippen molar-refractivity contribution < 1.29 is 75.4 Å². The molecule has 3 heterocycles. The van der Waals surface area contributed by atoms with Gasteiger partial charge in [0.25, 0.3) is 0 Å². The minimum absolute atomic E-state index is 0.0256. The molecule has 3 saturated carbocycles. The van der Waals surface area contributed by atoms with E-state index in [2.05, 4.69) is 16.0 Å². The lowest BCUT2D eigenvalue weighted by Crippen LogP contribution is -2.65. The highest BCUT2D eigenvalue weighted by molar-refractivity contribution is 6.31. The predicted octanol–water partition coefficient (Wildman–Crippen LogP) is 5.02. The Bertz CT molecular complexity index is 3120. The maximum atomic E-state index is 15.8. The summed E-state index contributed by atoms with van der Waals surface area (Å²) in [5.41, 5.74) is -2.37. The Morgan fingerprint density at radius 2 is 1.26 bits per heavy atom. The van der Waals surface area contributed by atoms with Crippen LogP contribution in [0.15, 0.2) is 18.2 Å². The molecule has 29 heteroatoms. The molecule has 1 aromatic rings. The number of piperidine rings is 1. The van der Waals surface area contributed by atoms with Crippen LogP contribution in [0.1, 0.15) is 174 Å². The third-order valence-electron chi connectivity index (χ3n) is 21.6. The second-order valence-electron chi connectivity index (χ2n) is 29.3. The lowest BCUT2D eigenvalue weighted by molar-refractivity contribution is -0.157. The molecule has 3 saturated heterocycles. The normalized spacial score (nSPS) is 26.7. The largest absolute Gasteiger partial charge is 0.417 e. The first-order valence-electron chi connectivity index (χ1n) is 36.0. The standard InChI is InChI=1S/C71H108ClF3N12O13/c1-12-45(4)60-67(97)81(7)41-58(90)79(5)42-59(91)83(9)55(43-100-48-25-21-26-48)65(95)80(6)40-56(88)76-51(31-29-46-28-30-49(50(72)38-46)71(73,74)75)64(94)87-36-22-27-52(87)63(93)78-70(32-17-18-33-70)69(99)85(11)61(47-23-15-13-16-24-47)68(98)84(10)54(66(96)86-34-19-14-20-35-86)39-57(89)82(8)53(37-44(2)3)62(92)77-60/h28,30,38,44-45,47-48,51-55,60-61H,12-27,29,31-37,39-43H2,1-11H3,(H,76,88)(H,77,92)(H,78,93)/t45-,51-,52-,53-,54-,55-,60-,61-/m0/s1. The molecule has 6 aliphatic rings. The zero-order valence-electron chi connectivity index (χ0n) is 60.4. The van der Waals surface area contributed by atoms with Crippen LogP contribution in [0.5, 0.6) is 0 Å². The van der Waals surface area contributed by atoms with Crippen molar-refractivity contribution in [2.75, 3.05) is 95.2 Å². The van der Waals surface area contributed by atoms with Gasteiger partial charge in [-0.25, -0.2) is 0 Å². The van der Waals surface area contributed by atoms with Crippen LogP contribution in [0, 0.1) is 17.8 Å². The van der Waals surface area contributed by atoms with E-state index in [-0.39, 0.29) is 69.3 Å². The average Bonchev–Trinajstić information content (AvgIpc) is 1.45. The zero-order valence-corrected chi connectivity index (χ0v) is 61.2. The lowest BCUT2D eigenvalue weighted by Gasteiger charge is -2.43. The number of halogens is 4. The summed E-state index contributed by atoms with van der Waals surface area (Å²) in [6.07, 6.45) is 4.46. The molecule has 0 unspecified atom stereocenters. The fourth-order valence-electron chi connectivity index (χ4n) is 14.8. The summed E-state index contributed by atoms with van der Waals surface area (Å²) in [5, 5.41) is 8.11. The number of hydrogen-bond donors (Lipinski definition) is 3. The molecule has 3 aliphatic heterocycles. The first-order valence-corrected chi connectivity index (χ1v) is 36.3. The second kappa shape index (κ2) is 35.7. The first-order chi connectivity index (χ1) is 47.2. The molecular formula is C71H108ClF3N12O13. The SMILES string of the molecule is CC[C@H](C)[C@@H]1NC(=O)[C@H](CC(C)C)N(C)C(=O)C[C@@H](C(=O)N2CCCCC2)N(C)C(=O)[C@H](C2CCCCC2)N(C)C(=O)C2(CCCC2)NC(=O)[C@@H]2CCCN2C(=O)[C@H](CCc2ccc(C(F)(F)F)c(Cl)c2)NC(=O)CN(C)C(=O)[C@H](COC2CCC2)N(C)C(=O)CN(C)C(=O)CN(C)C1=O. The number of likely N-dealkylation sites (N-methyl/N-ethyl adjacent to an activating group) is 7. The molecule has 100 heavy (non-hydrogen) atoms. The van der Waals surface area contributed by atoms with Gasteiger partial charge in [-0.2, -0.15) is 13.2 Å². The number of carbonyl (C=O) groups is 12. The molecule has 7 rings (SSSR count). The highest BCUT2D eigenvalue weighted by atomic mass is 35.5. The fraction of sp³-hybridized carbons (Fsp3) is 0.746. The van der Waals surface area contributed by atoms with E-state index in [1.807, 2.05) is 20.8 Å². The fourth-order valence-corrected chi connectivity index (χ4v) is 15.1. The molecule has 1 spiro atoms. The highest BCUT2D eigenvalue weighted by Gasteiger charge is 2.51. The van der Waals surface area contributed by atoms with Gasteiger partial charge >= 0.3 is 6.18 Å². The van der Waals surface area contributed by atoms with Crippen LogP contribution in [0.3, 0.4) is 0 Å². The van der Waals surface area contributed by atoms with Crippen LogP contribution < -0.4 is 16.0 Å². The van der Waals surface area contributed by atoms with E-state index in [1.165, 1.54) is 75.0 Å². The lowest BCUT2D eigenvalue weighted by atomic mass is 9.81. The van der Waals surface area contributed by atoms with E-state index >= 15 is 28.8 Å². The molecule has 0 aromatic heterocycles. The number of nitrogens with zero attached hydrogens (tertiary/aromatic N) is 9. The number of hydrogen-bond acceptors (Lipinski definition) is 13. The molecular weight excluding hydrogens is 1320 g/mol. The van der Waals surface area contributed by atoms with Gasteiger partial charge in [0.15, 0.2) is 0 Å². The summed E-state index contributed by atoms with van der Waals surface area (Å²) in [7, 11) is 9.79. The Morgan fingerprint density at radius 1 is 0.640 bits per heavy atom. The predicted molar refractivity (Wildman–Crippen MR) is 366 cm³/mol. The molecule has 0 bridgehead atoms. The summed E-state index contributed by atoms with van der Waals surface area (Å²) >= 11 is 6.15. The van der Waals surface area contributed by atoms with Crippen LogP contribution in [-0.4, -0.2) is 264 Å². The van der Waals surface area contributed by atoms with Gasteiger partial charge in [-0.3, -0.25) is 57.5 Å². The number of amides is 12. The summed E-state index contributed by atoms with van der Waals surface area (Å²) < 4.78 is 47.7. The van der Waals surface area contributed by atoms with E-state index in [4.69, 9.17) is 16.3 Å². The monoisotopic (exact) mass is 1430 g/mol. The van der Waals surface area contributed by atoms with Crippen LogP contribution in [0.4, 0.5) is 13.2 Å². The summed E-state index contributed by atoms with van der Waals surface area (Å²) in [6.45, 7) is 5.97. The van der Waals surface area contributed by atoms with Crippen LogP contribution in [0.25, 0.3) is 0 Å². The molecule has 558 valence electrons. The van der Waals surface area contributed by atoms with E-state index in [0.29, 0.717) is 77.3 Å². The number of rotatable bonds is 12. The first kappa shape index (κ1) is 80.2. The van der Waals surface area contributed by atoms with Crippen molar-refractivity contribution in [3.05, 3.63) is 34.3 Å². The van der Waals surface area contributed by atoms with Crippen LogP contribution >= 0.6 is 11.6 Å². The minimum Gasteiger partial charge on any atom is -0.376 e. The Labute approximate surface area is 591 Å². The molecule has 0 radical (unpaired) electrons. The van der Waals surface area contributed by atoms with Crippen molar-refractivity contribution in [3.63, 3.8) is 0 Å². The van der Waals surface area contributed by atoms with Gasteiger partial charge in [0, 0.05) is 69.0 Å². The molecule has 3 N–H and O–H groups in total. The molecule has 25 nitrogen and oxygen atoms in total. The molecule has 1 aromatic carbocycles. The Morgan fingerprint density at radius 3 is 1.86 bits per heavy atom. The Balaban J connectivity index is 1.28.